The molecule has 132 valence electrons. The zero-order valence-electron chi connectivity index (χ0n) is 14.4. The number of amides is 2. The summed E-state index contributed by atoms with van der Waals surface area (Å²) in [6, 6.07) is 5.81. The smallest absolute Gasteiger partial charge is 0.324 e. The number of fused-ring (bicyclic) bond motifs is 1. The van der Waals surface area contributed by atoms with E-state index in [1.54, 1.807) is 12.4 Å². The number of hydrogen-bond donors (Lipinski definition) is 0. The van der Waals surface area contributed by atoms with E-state index >= 15 is 0 Å². The van der Waals surface area contributed by atoms with E-state index in [-0.39, 0.29) is 6.03 Å². The number of piperazine rings is 1. The summed E-state index contributed by atoms with van der Waals surface area (Å²) < 4.78 is 0. The number of rotatable bonds is 2. The molecule has 2 aliphatic rings. The van der Waals surface area contributed by atoms with Gasteiger partial charge in [0.05, 0.1) is 0 Å². The molecule has 0 radical (unpaired) electrons. The minimum absolute atomic E-state index is 0.0751. The number of carbonyl (C=O) groups excluding carboxylic acids is 1. The maximum Gasteiger partial charge on any atom is 0.324 e. The molecular formula is C18H22ClN5O. The number of urea groups is 1. The average Bonchev–Trinajstić information content (AvgIpc) is 3.04. The van der Waals surface area contributed by atoms with Gasteiger partial charge in [-0.2, -0.15) is 0 Å². The Bertz CT molecular complexity index is 722. The minimum atomic E-state index is 0.0751. The Morgan fingerprint density at radius 3 is 2.60 bits per heavy atom. The minimum Gasteiger partial charge on any atom is -0.357 e. The highest BCUT2D eigenvalue weighted by molar-refractivity contribution is 6.30. The fourth-order valence-electron chi connectivity index (χ4n) is 3.23. The first-order valence-electron chi connectivity index (χ1n) is 8.35. The van der Waals surface area contributed by atoms with Gasteiger partial charge in [0, 0.05) is 55.8 Å². The van der Waals surface area contributed by atoms with Crippen LogP contribution in [0.2, 0.25) is 5.02 Å². The molecule has 3 rings (SSSR count). The van der Waals surface area contributed by atoms with Crippen molar-refractivity contribution in [3.63, 3.8) is 0 Å². The van der Waals surface area contributed by atoms with Crippen molar-refractivity contribution < 1.29 is 4.79 Å². The molecule has 6 nitrogen and oxygen atoms in total. The molecule has 0 aromatic heterocycles. The van der Waals surface area contributed by atoms with Crippen LogP contribution in [0.4, 0.5) is 10.5 Å². The van der Waals surface area contributed by atoms with Crippen LogP contribution in [0, 0.1) is 0 Å². The van der Waals surface area contributed by atoms with Gasteiger partial charge in [0.15, 0.2) is 0 Å². The van der Waals surface area contributed by atoms with Gasteiger partial charge in [-0.05, 0) is 43.8 Å². The van der Waals surface area contributed by atoms with E-state index in [1.807, 2.05) is 34.9 Å². The molecule has 0 atom stereocenters. The Labute approximate surface area is 153 Å². The lowest BCUT2D eigenvalue weighted by molar-refractivity contribution is 0.175. The van der Waals surface area contributed by atoms with Crippen LogP contribution in [0.3, 0.4) is 0 Å². The van der Waals surface area contributed by atoms with Crippen molar-refractivity contribution in [2.24, 2.45) is 9.98 Å². The molecule has 7 heteroatoms. The van der Waals surface area contributed by atoms with Gasteiger partial charge in [-0.25, -0.2) is 9.79 Å². The predicted molar refractivity (Wildman–Crippen MR) is 103 cm³/mol. The predicted octanol–water partition coefficient (Wildman–Crippen LogP) is 3.03. The second-order valence-electron chi connectivity index (χ2n) is 6.09. The van der Waals surface area contributed by atoms with Crippen molar-refractivity contribution >= 4 is 35.9 Å². The van der Waals surface area contributed by atoms with Crippen molar-refractivity contribution in [2.75, 3.05) is 37.6 Å². The largest absolute Gasteiger partial charge is 0.357 e. The van der Waals surface area contributed by atoms with Gasteiger partial charge in [-0.1, -0.05) is 11.6 Å². The lowest BCUT2D eigenvalue weighted by atomic mass is 10.2. The first kappa shape index (κ1) is 17.5. The quantitative estimate of drug-likeness (QED) is 0.602. The fraction of sp³-hybridized carbons (Fsp3) is 0.389. The maximum atomic E-state index is 12.9. The highest BCUT2D eigenvalue weighted by atomic mass is 35.5. The van der Waals surface area contributed by atoms with Crippen LogP contribution in [-0.4, -0.2) is 61.1 Å². The molecule has 1 aromatic carbocycles. The van der Waals surface area contributed by atoms with Crippen molar-refractivity contribution in [3.05, 3.63) is 41.2 Å². The molecule has 1 saturated heterocycles. The third-order valence-electron chi connectivity index (χ3n) is 4.61. The highest BCUT2D eigenvalue weighted by Gasteiger charge is 2.30. The summed E-state index contributed by atoms with van der Waals surface area (Å²) in [5.41, 5.74) is 2.13. The van der Waals surface area contributed by atoms with Crippen LogP contribution >= 0.6 is 11.6 Å². The van der Waals surface area contributed by atoms with Crippen molar-refractivity contribution in [1.29, 1.82) is 0 Å². The van der Waals surface area contributed by atoms with Crippen LogP contribution in [0.15, 0.2) is 40.6 Å². The van der Waals surface area contributed by atoms with Crippen LogP contribution in [0.25, 0.3) is 0 Å². The molecule has 2 aliphatic heterocycles. The summed E-state index contributed by atoms with van der Waals surface area (Å²) in [5, 5.41) is 0.720. The summed E-state index contributed by atoms with van der Waals surface area (Å²) in [6.45, 7) is 8.99. The molecule has 0 spiro atoms. The van der Waals surface area contributed by atoms with E-state index in [1.165, 1.54) is 0 Å². The zero-order chi connectivity index (χ0) is 17.8. The highest BCUT2D eigenvalue weighted by Crippen LogP contribution is 2.31. The SMILES string of the molecule is C=N/C=C\N=C(/C)N1CCN(C(=O)N2CCc3cc(Cl)ccc32)CC1. The molecule has 0 aliphatic carbocycles. The first-order chi connectivity index (χ1) is 12.1. The van der Waals surface area contributed by atoms with Crippen molar-refractivity contribution in [3.8, 4) is 0 Å². The third-order valence-corrected chi connectivity index (χ3v) is 4.84. The molecule has 1 aromatic rings. The van der Waals surface area contributed by atoms with Crippen LogP contribution in [0.5, 0.6) is 0 Å². The van der Waals surface area contributed by atoms with Crippen molar-refractivity contribution in [1.82, 2.24) is 9.80 Å². The van der Waals surface area contributed by atoms with Gasteiger partial charge in [0.25, 0.3) is 0 Å². The van der Waals surface area contributed by atoms with Gasteiger partial charge in [0.2, 0.25) is 0 Å². The van der Waals surface area contributed by atoms with Crippen LogP contribution < -0.4 is 4.90 Å². The Morgan fingerprint density at radius 2 is 1.88 bits per heavy atom. The Hall–Kier alpha value is -2.34. The summed E-state index contributed by atoms with van der Waals surface area (Å²) in [6.07, 6.45) is 4.05. The molecule has 1 fully saturated rings. The number of benzene rings is 1. The number of amidine groups is 1. The second kappa shape index (κ2) is 7.70. The average molecular weight is 360 g/mol. The first-order valence-corrected chi connectivity index (χ1v) is 8.73. The Morgan fingerprint density at radius 1 is 1.16 bits per heavy atom. The van der Waals surface area contributed by atoms with Gasteiger partial charge in [-0.15, -0.1) is 0 Å². The summed E-state index contributed by atoms with van der Waals surface area (Å²) in [5.74, 6) is 0.924. The van der Waals surface area contributed by atoms with E-state index in [0.717, 1.165) is 41.6 Å². The lowest BCUT2D eigenvalue weighted by Crippen LogP contribution is -2.53. The lowest BCUT2D eigenvalue weighted by Gasteiger charge is -2.37. The van der Waals surface area contributed by atoms with E-state index in [9.17, 15) is 4.79 Å². The van der Waals surface area contributed by atoms with Gasteiger partial charge < -0.3 is 9.80 Å². The number of anilines is 1. The molecule has 2 amide bonds. The van der Waals surface area contributed by atoms with E-state index in [4.69, 9.17) is 11.6 Å². The van der Waals surface area contributed by atoms with Crippen molar-refractivity contribution in [2.45, 2.75) is 13.3 Å². The molecule has 2 heterocycles. The number of halogens is 1. The molecule has 0 saturated carbocycles. The van der Waals surface area contributed by atoms with E-state index in [2.05, 4.69) is 21.6 Å². The number of hydrogen-bond acceptors (Lipinski definition) is 3. The summed E-state index contributed by atoms with van der Waals surface area (Å²) in [7, 11) is 0. The normalized spacial score (nSPS) is 18.0. The van der Waals surface area contributed by atoms with E-state index < -0.39 is 0 Å². The number of aliphatic imine (C=N–C) groups is 2. The van der Waals surface area contributed by atoms with Gasteiger partial charge >= 0.3 is 6.03 Å². The summed E-state index contributed by atoms with van der Waals surface area (Å²) in [4.78, 5) is 26.8. The maximum absolute atomic E-state index is 12.9. The Balaban J connectivity index is 1.61. The summed E-state index contributed by atoms with van der Waals surface area (Å²) >= 11 is 6.05. The zero-order valence-corrected chi connectivity index (χ0v) is 15.1. The topological polar surface area (TPSA) is 51.5 Å². The van der Waals surface area contributed by atoms with Gasteiger partial charge in [0.1, 0.15) is 5.84 Å². The molecule has 0 N–H and O–H groups in total. The third kappa shape index (κ3) is 3.85. The van der Waals surface area contributed by atoms with Crippen LogP contribution in [0.1, 0.15) is 12.5 Å². The van der Waals surface area contributed by atoms with E-state index in [0.29, 0.717) is 19.6 Å². The molecule has 0 unspecified atom stereocenters. The van der Waals surface area contributed by atoms with Crippen LogP contribution in [-0.2, 0) is 6.42 Å². The second-order valence-corrected chi connectivity index (χ2v) is 6.52. The molecule has 25 heavy (non-hydrogen) atoms. The number of carbonyl (C=O) groups is 1. The fourth-order valence-corrected chi connectivity index (χ4v) is 3.43. The molecular weight excluding hydrogens is 338 g/mol. The number of nitrogens with zero attached hydrogens (tertiary/aromatic N) is 5. The standard InChI is InChI=1S/C18H22ClN5O/c1-14(21-7-6-20-2)22-9-11-23(12-10-22)18(25)24-8-5-15-13-16(19)3-4-17(15)24/h3-4,6-7,13H,2,5,8-12H2,1H3/b7-6-,21-14+. The monoisotopic (exact) mass is 359 g/mol. The molecule has 0 bridgehead atoms. The van der Waals surface area contributed by atoms with Gasteiger partial charge in [-0.3, -0.25) is 9.89 Å². The Kier molecular flexibility index (Phi) is 5.38.